The van der Waals surface area contributed by atoms with Gasteiger partial charge in [-0.1, -0.05) is 11.6 Å². The van der Waals surface area contributed by atoms with Crippen LogP contribution in [0.2, 0.25) is 5.02 Å². The molecule has 4 heteroatoms. The molecule has 0 atom stereocenters. The molecule has 1 aromatic rings. The fourth-order valence-corrected chi connectivity index (χ4v) is 2.47. The first-order valence-electron chi connectivity index (χ1n) is 5.72. The van der Waals surface area contributed by atoms with Gasteiger partial charge in [0.25, 0.3) is 0 Å². The third-order valence-corrected chi connectivity index (χ3v) is 3.50. The molecule has 0 N–H and O–H groups in total. The molecule has 0 bridgehead atoms. The van der Waals surface area contributed by atoms with E-state index < -0.39 is 0 Å². The number of rotatable bonds is 2. The molecule has 1 aromatic carbocycles. The van der Waals surface area contributed by atoms with Gasteiger partial charge in [-0.2, -0.15) is 5.26 Å². The van der Waals surface area contributed by atoms with E-state index in [4.69, 9.17) is 21.6 Å². The maximum Gasteiger partial charge on any atom is 0.0992 e. The van der Waals surface area contributed by atoms with Crippen molar-refractivity contribution in [3.05, 3.63) is 28.8 Å². The number of nitrogens with zero attached hydrogens (tertiary/aromatic N) is 2. The van der Waals surface area contributed by atoms with Crippen LogP contribution in [0.1, 0.15) is 18.4 Å². The maximum absolute atomic E-state index is 8.79. The number of ether oxygens (including phenoxy) is 1. The van der Waals surface area contributed by atoms with Gasteiger partial charge >= 0.3 is 0 Å². The lowest BCUT2D eigenvalue weighted by Gasteiger charge is -2.33. The fraction of sp³-hybridized carbons (Fsp3) is 0.462. The van der Waals surface area contributed by atoms with Gasteiger partial charge in [0.2, 0.25) is 0 Å². The summed E-state index contributed by atoms with van der Waals surface area (Å²) < 4.78 is 5.34. The fourth-order valence-electron chi connectivity index (χ4n) is 2.17. The van der Waals surface area contributed by atoms with Crippen LogP contribution >= 0.6 is 11.6 Å². The molecule has 0 spiro atoms. The second-order valence-electron chi connectivity index (χ2n) is 4.20. The normalized spacial score (nSPS) is 16.9. The molecule has 1 saturated heterocycles. The number of hydrogen-bond acceptors (Lipinski definition) is 3. The van der Waals surface area contributed by atoms with Crippen molar-refractivity contribution < 1.29 is 4.74 Å². The summed E-state index contributed by atoms with van der Waals surface area (Å²) >= 11 is 6.19. The van der Waals surface area contributed by atoms with Gasteiger partial charge in [-0.25, -0.2) is 0 Å². The average Bonchev–Trinajstić information content (AvgIpc) is 2.39. The van der Waals surface area contributed by atoms with E-state index in [0.29, 0.717) is 16.7 Å². The number of nitriles is 1. The Morgan fingerprint density at radius 3 is 2.65 bits per heavy atom. The molecular formula is C13H15ClN2O. The molecule has 2 rings (SSSR count). The molecule has 0 saturated carbocycles. The molecule has 1 aliphatic rings. The highest BCUT2D eigenvalue weighted by Gasteiger charge is 2.20. The predicted molar refractivity (Wildman–Crippen MR) is 68.4 cm³/mol. The lowest BCUT2D eigenvalue weighted by atomic mass is 10.1. The number of halogens is 1. The van der Waals surface area contributed by atoms with Crippen LogP contribution in [0.15, 0.2) is 18.2 Å². The van der Waals surface area contributed by atoms with Gasteiger partial charge in [0, 0.05) is 20.2 Å². The van der Waals surface area contributed by atoms with E-state index in [2.05, 4.69) is 11.0 Å². The minimum absolute atomic E-state index is 0.364. The van der Waals surface area contributed by atoms with Gasteiger partial charge in [-0.15, -0.1) is 0 Å². The molecule has 3 nitrogen and oxygen atoms in total. The van der Waals surface area contributed by atoms with E-state index in [9.17, 15) is 0 Å². The van der Waals surface area contributed by atoms with E-state index in [-0.39, 0.29) is 0 Å². The summed E-state index contributed by atoms with van der Waals surface area (Å²) in [5, 5.41) is 9.44. The van der Waals surface area contributed by atoms with Crippen molar-refractivity contribution in [2.24, 2.45) is 0 Å². The Labute approximate surface area is 107 Å². The van der Waals surface area contributed by atoms with Gasteiger partial charge < -0.3 is 9.64 Å². The number of benzene rings is 1. The Hall–Kier alpha value is -1.24. The molecule has 0 amide bonds. The SMILES string of the molecule is COC1CCN(c2ccc(C#N)cc2Cl)CC1. The monoisotopic (exact) mass is 250 g/mol. The molecular weight excluding hydrogens is 236 g/mol. The van der Waals surface area contributed by atoms with Crippen LogP contribution < -0.4 is 4.90 Å². The minimum Gasteiger partial charge on any atom is -0.381 e. The number of hydrogen-bond donors (Lipinski definition) is 0. The molecule has 0 radical (unpaired) electrons. The third kappa shape index (κ3) is 2.71. The minimum atomic E-state index is 0.364. The first kappa shape index (κ1) is 12.2. The van der Waals surface area contributed by atoms with Crippen LogP contribution in [0.4, 0.5) is 5.69 Å². The topological polar surface area (TPSA) is 36.3 Å². The van der Waals surface area contributed by atoms with Gasteiger partial charge in [0.15, 0.2) is 0 Å². The quantitative estimate of drug-likeness (QED) is 0.810. The first-order valence-corrected chi connectivity index (χ1v) is 6.10. The molecule has 0 aliphatic carbocycles. The Morgan fingerprint density at radius 1 is 1.41 bits per heavy atom. The zero-order valence-electron chi connectivity index (χ0n) is 9.82. The summed E-state index contributed by atoms with van der Waals surface area (Å²) in [6, 6.07) is 7.55. The highest BCUT2D eigenvalue weighted by Crippen LogP contribution is 2.29. The lowest BCUT2D eigenvalue weighted by Crippen LogP contribution is -2.36. The average molecular weight is 251 g/mol. The molecule has 1 aliphatic heterocycles. The maximum atomic E-state index is 8.79. The Bertz CT molecular complexity index is 434. The van der Waals surface area contributed by atoms with Crippen LogP contribution in [-0.2, 0) is 4.74 Å². The number of anilines is 1. The largest absolute Gasteiger partial charge is 0.381 e. The summed E-state index contributed by atoms with van der Waals surface area (Å²) in [7, 11) is 1.76. The van der Waals surface area contributed by atoms with E-state index in [1.54, 1.807) is 13.2 Å². The van der Waals surface area contributed by atoms with Crippen molar-refractivity contribution >= 4 is 17.3 Å². The van der Waals surface area contributed by atoms with Crippen LogP contribution in [0.3, 0.4) is 0 Å². The van der Waals surface area contributed by atoms with E-state index >= 15 is 0 Å². The van der Waals surface area contributed by atoms with Crippen molar-refractivity contribution in [3.8, 4) is 6.07 Å². The summed E-state index contributed by atoms with van der Waals surface area (Å²) in [6.45, 7) is 1.90. The van der Waals surface area contributed by atoms with Gasteiger partial charge in [0.05, 0.1) is 28.4 Å². The summed E-state index contributed by atoms with van der Waals surface area (Å²) in [6.07, 6.45) is 2.41. The highest BCUT2D eigenvalue weighted by molar-refractivity contribution is 6.33. The first-order chi connectivity index (χ1) is 8.24. The Kier molecular flexibility index (Phi) is 3.88. The standard InChI is InChI=1S/C13H15ClN2O/c1-17-11-4-6-16(7-5-11)13-3-2-10(9-15)8-12(13)14/h2-3,8,11H,4-7H2,1H3. The van der Waals surface area contributed by atoms with Crippen LogP contribution in [0.5, 0.6) is 0 Å². The van der Waals surface area contributed by atoms with Crippen molar-refractivity contribution in [2.45, 2.75) is 18.9 Å². The Morgan fingerprint density at radius 2 is 2.12 bits per heavy atom. The van der Waals surface area contributed by atoms with Gasteiger partial charge in [-0.3, -0.25) is 0 Å². The molecule has 90 valence electrons. The molecule has 17 heavy (non-hydrogen) atoms. The number of piperidine rings is 1. The predicted octanol–water partition coefficient (Wildman–Crippen LogP) is 2.83. The summed E-state index contributed by atoms with van der Waals surface area (Å²) in [4.78, 5) is 2.25. The number of methoxy groups -OCH3 is 1. The van der Waals surface area contributed by atoms with Crippen molar-refractivity contribution in [1.82, 2.24) is 0 Å². The van der Waals surface area contributed by atoms with E-state index in [1.165, 1.54) is 0 Å². The zero-order chi connectivity index (χ0) is 12.3. The molecule has 1 fully saturated rings. The van der Waals surface area contributed by atoms with Crippen LogP contribution in [-0.4, -0.2) is 26.3 Å². The smallest absolute Gasteiger partial charge is 0.0992 e. The zero-order valence-corrected chi connectivity index (χ0v) is 10.6. The summed E-state index contributed by atoms with van der Waals surface area (Å²) in [5.41, 5.74) is 1.62. The highest BCUT2D eigenvalue weighted by atomic mass is 35.5. The lowest BCUT2D eigenvalue weighted by molar-refractivity contribution is 0.0819. The molecule has 0 aromatic heterocycles. The second-order valence-corrected chi connectivity index (χ2v) is 4.61. The third-order valence-electron chi connectivity index (χ3n) is 3.19. The molecule has 0 unspecified atom stereocenters. The Balaban J connectivity index is 2.11. The second kappa shape index (κ2) is 5.39. The van der Waals surface area contributed by atoms with E-state index in [0.717, 1.165) is 31.6 Å². The van der Waals surface area contributed by atoms with E-state index in [1.807, 2.05) is 12.1 Å². The van der Waals surface area contributed by atoms with Crippen LogP contribution in [0, 0.1) is 11.3 Å². The van der Waals surface area contributed by atoms with Crippen molar-refractivity contribution in [2.75, 3.05) is 25.1 Å². The van der Waals surface area contributed by atoms with Crippen LogP contribution in [0.25, 0.3) is 0 Å². The van der Waals surface area contributed by atoms with Gasteiger partial charge in [0.1, 0.15) is 0 Å². The van der Waals surface area contributed by atoms with Crippen molar-refractivity contribution in [1.29, 1.82) is 5.26 Å². The molecule has 1 heterocycles. The van der Waals surface area contributed by atoms with Crippen molar-refractivity contribution in [3.63, 3.8) is 0 Å². The summed E-state index contributed by atoms with van der Waals surface area (Å²) in [5.74, 6) is 0. The van der Waals surface area contributed by atoms with Gasteiger partial charge in [-0.05, 0) is 31.0 Å².